The van der Waals surface area contributed by atoms with Gasteiger partial charge >= 0.3 is 0 Å². The van der Waals surface area contributed by atoms with Crippen LogP contribution in [0.25, 0.3) is 0 Å². The van der Waals surface area contributed by atoms with E-state index in [0.717, 1.165) is 5.56 Å². The Kier molecular flexibility index (Phi) is 2.23. The van der Waals surface area contributed by atoms with Crippen LogP contribution in [0.1, 0.15) is 5.56 Å². The highest BCUT2D eigenvalue weighted by Gasteiger charge is 2.31. The second-order valence-electron chi connectivity index (χ2n) is 4.23. The van der Waals surface area contributed by atoms with Crippen LogP contribution in [0.2, 0.25) is 0 Å². The van der Waals surface area contributed by atoms with Crippen LogP contribution >= 0.6 is 0 Å². The molecule has 1 aromatic carbocycles. The van der Waals surface area contributed by atoms with Crippen LogP contribution in [0.4, 0.5) is 5.69 Å². The molecule has 1 amide bonds. The van der Waals surface area contributed by atoms with Gasteiger partial charge in [-0.05, 0) is 31.2 Å². The lowest BCUT2D eigenvalue weighted by Gasteiger charge is -2.11. The molecule has 0 fully saturated rings. The van der Waals surface area contributed by atoms with Crippen molar-refractivity contribution in [3.05, 3.63) is 53.6 Å². The normalized spacial score (nSPS) is 17.7. The van der Waals surface area contributed by atoms with E-state index in [1.807, 2.05) is 31.2 Å². The molecular weight excluding hydrogens is 228 g/mol. The second kappa shape index (κ2) is 3.77. The van der Waals surface area contributed by atoms with Gasteiger partial charge in [0.2, 0.25) is 0 Å². The molecule has 0 radical (unpaired) electrons. The summed E-state index contributed by atoms with van der Waals surface area (Å²) in [5.74, 6) is -0.436. The number of fused-ring (bicyclic) bond motifs is 1. The number of benzene rings is 1. The molecule has 0 unspecified atom stereocenters. The summed E-state index contributed by atoms with van der Waals surface area (Å²) in [5.41, 5.74) is 2.72. The average Bonchev–Trinajstić information content (AvgIpc) is 2.68. The molecule has 4 heteroatoms. The van der Waals surface area contributed by atoms with Gasteiger partial charge in [0, 0.05) is 6.08 Å². The summed E-state index contributed by atoms with van der Waals surface area (Å²) in [6.45, 7) is 1.98. The summed E-state index contributed by atoms with van der Waals surface area (Å²) in [6.07, 6.45) is 4.31. The number of carbonyl (C=O) groups excluding carboxylic acids is 2. The highest BCUT2D eigenvalue weighted by molar-refractivity contribution is 6.38. The van der Waals surface area contributed by atoms with E-state index in [1.54, 1.807) is 6.08 Å². The van der Waals surface area contributed by atoms with Crippen molar-refractivity contribution in [2.45, 2.75) is 6.92 Å². The van der Waals surface area contributed by atoms with Gasteiger partial charge < -0.3 is 0 Å². The van der Waals surface area contributed by atoms with Crippen LogP contribution in [0.5, 0.6) is 0 Å². The van der Waals surface area contributed by atoms with Gasteiger partial charge in [0.25, 0.3) is 5.91 Å². The number of hydrogen-bond donors (Lipinski definition) is 0. The van der Waals surface area contributed by atoms with Crippen molar-refractivity contribution in [2.75, 3.05) is 5.01 Å². The van der Waals surface area contributed by atoms with Crippen molar-refractivity contribution in [3.63, 3.8) is 0 Å². The van der Waals surface area contributed by atoms with Gasteiger partial charge in [-0.1, -0.05) is 17.7 Å². The van der Waals surface area contributed by atoms with Gasteiger partial charge in [0.15, 0.2) is 5.78 Å². The van der Waals surface area contributed by atoms with E-state index < -0.39 is 0 Å². The van der Waals surface area contributed by atoms with Gasteiger partial charge in [0.05, 0.1) is 17.0 Å². The van der Waals surface area contributed by atoms with Crippen LogP contribution in [0.3, 0.4) is 0 Å². The minimum atomic E-state index is -0.258. The van der Waals surface area contributed by atoms with Crippen molar-refractivity contribution in [3.8, 4) is 0 Å². The Hall–Kier alpha value is -2.49. The van der Waals surface area contributed by atoms with E-state index in [1.165, 1.54) is 17.2 Å². The van der Waals surface area contributed by atoms with Crippen molar-refractivity contribution in [1.82, 2.24) is 0 Å². The van der Waals surface area contributed by atoms with Gasteiger partial charge in [-0.3, -0.25) is 9.59 Å². The first-order chi connectivity index (χ1) is 8.65. The fourth-order valence-corrected chi connectivity index (χ4v) is 1.90. The SMILES string of the molecule is Cc1ccc(N2N=C3C=CC(=O)C=C3C2=O)cc1. The first kappa shape index (κ1) is 10.7. The number of rotatable bonds is 1. The maximum absolute atomic E-state index is 12.1. The molecule has 0 aromatic heterocycles. The number of allylic oxidation sites excluding steroid dienone is 3. The quantitative estimate of drug-likeness (QED) is 0.700. The third-order valence-electron chi connectivity index (χ3n) is 2.88. The molecule has 3 rings (SSSR count). The molecule has 1 aliphatic heterocycles. The van der Waals surface area contributed by atoms with E-state index in [9.17, 15) is 9.59 Å². The number of nitrogens with zero attached hydrogens (tertiary/aromatic N) is 2. The van der Waals surface area contributed by atoms with Crippen LogP contribution in [-0.2, 0) is 9.59 Å². The van der Waals surface area contributed by atoms with Crippen LogP contribution in [0.15, 0.2) is 53.2 Å². The van der Waals surface area contributed by atoms with Crippen molar-refractivity contribution in [1.29, 1.82) is 0 Å². The smallest absolute Gasteiger partial charge is 0.281 e. The zero-order valence-electron chi connectivity index (χ0n) is 9.75. The molecule has 0 saturated carbocycles. The monoisotopic (exact) mass is 238 g/mol. The molecule has 0 N–H and O–H groups in total. The molecule has 0 bridgehead atoms. The highest BCUT2D eigenvalue weighted by Crippen LogP contribution is 2.25. The Labute approximate surface area is 104 Å². The zero-order chi connectivity index (χ0) is 12.7. The molecule has 2 aliphatic rings. The average molecular weight is 238 g/mol. The van der Waals surface area contributed by atoms with Crippen molar-refractivity contribution >= 4 is 23.1 Å². The Morgan fingerprint density at radius 3 is 2.50 bits per heavy atom. The van der Waals surface area contributed by atoms with Gasteiger partial charge in [-0.2, -0.15) is 10.1 Å². The summed E-state index contributed by atoms with van der Waals surface area (Å²) >= 11 is 0. The summed E-state index contributed by atoms with van der Waals surface area (Å²) in [7, 11) is 0. The summed E-state index contributed by atoms with van der Waals surface area (Å²) in [5, 5.41) is 5.54. The second-order valence-corrected chi connectivity index (χ2v) is 4.23. The molecule has 0 spiro atoms. The first-order valence-corrected chi connectivity index (χ1v) is 5.59. The number of amides is 1. The summed E-state index contributed by atoms with van der Waals surface area (Å²) in [4.78, 5) is 23.4. The predicted octanol–water partition coefficient (Wildman–Crippen LogP) is 1.76. The Bertz CT molecular complexity index is 636. The summed E-state index contributed by atoms with van der Waals surface area (Å²) < 4.78 is 0. The van der Waals surface area contributed by atoms with Crippen LogP contribution < -0.4 is 5.01 Å². The maximum Gasteiger partial charge on any atom is 0.281 e. The fourth-order valence-electron chi connectivity index (χ4n) is 1.90. The maximum atomic E-state index is 12.1. The minimum Gasteiger partial charge on any atom is -0.290 e. The highest BCUT2D eigenvalue weighted by atomic mass is 16.2. The van der Waals surface area contributed by atoms with E-state index in [0.29, 0.717) is 17.0 Å². The molecule has 1 aliphatic carbocycles. The van der Waals surface area contributed by atoms with Crippen LogP contribution in [0, 0.1) is 6.92 Å². The van der Waals surface area contributed by atoms with E-state index in [-0.39, 0.29) is 11.7 Å². The molecule has 1 heterocycles. The molecule has 0 saturated heterocycles. The van der Waals surface area contributed by atoms with E-state index >= 15 is 0 Å². The topological polar surface area (TPSA) is 49.7 Å². The number of hydrazone groups is 1. The number of aryl methyl sites for hydroxylation is 1. The molecular formula is C14H10N2O2. The lowest BCUT2D eigenvalue weighted by molar-refractivity contribution is -0.115. The fraction of sp³-hybridized carbons (Fsp3) is 0.0714. The lowest BCUT2D eigenvalue weighted by Crippen LogP contribution is -2.22. The van der Waals surface area contributed by atoms with E-state index in [2.05, 4.69) is 5.10 Å². The number of carbonyl (C=O) groups is 2. The predicted molar refractivity (Wildman–Crippen MR) is 68.3 cm³/mol. The Morgan fingerprint density at radius 2 is 1.78 bits per heavy atom. The minimum absolute atomic E-state index is 0.178. The molecule has 1 aromatic rings. The Morgan fingerprint density at radius 1 is 1.06 bits per heavy atom. The third kappa shape index (κ3) is 1.59. The van der Waals surface area contributed by atoms with Crippen molar-refractivity contribution < 1.29 is 9.59 Å². The van der Waals surface area contributed by atoms with E-state index in [4.69, 9.17) is 0 Å². The lowest BCUT2D eigenvalue weighted by atomic mass is 10.0. The largest absolute Gasteiger partial charge is 0.290 e. The van der Waals surface area contributed by atoms with Crippen molar-refractivity contribution in [2.24, 2.45) is 5.10 Å². The van der Waals surface area contributed by atoms with Crippen LogP contribution in [-0.4, -0.2) is 17.4 Å². The summed E-state index contributed by atoms with van der Waals surface area (Å²) in [6, 6.07) is 7.50. The van der Waals surface area contributed by atoms with Gasteiger partial charge in [-0.15, -0.1) is 0 Å². The number of anilines is 1. The molecule has 18 heavy (non-hydrogen) atoms. The number of ketones is 1. The molecule has 0 atom stereocenters. The molecule has 4 nitrogen and oxygen atoms in total. The van der Waals surface area contributed by atoms with Gasteiger partial charge in [-0.25, -0.2) is 0 Å². The number of hydrogen-bond acceptors (Lipinski definition) is 3. The third-order valence-corrected chi connectivity index (χ3v) is 2.88. The first-order valence-electron chi connectivity index (χ1n) is 5.59. The molecule has 88 valence electrons. The Balaban J connectivity index is 2.02. The zero-order valence-corrected chi connectivity index (χ0v) is 9.75. The van der Waals surface area contributed by atoms with Gasteiger partial charge in [0.1, 0.15) is 0 Å². The standard InChI is InChI=1S/C14H10N2O2/c1-9-2-4-10(5-3-9)16-14(18)12-8-11(17)6-7-13(12)15-16/h2-8H,1H3.